The Bertz CT molecular complexity index is 632. The molecule has 1 aliphatic carbocycles. The summed E-state index contributed by atoms with van der Waals surface area (Å²) in [6, 6.07) is 8.28. The van der Waals surface area contributed by atoms with Gasteiger partial charge >= 0.3 is 0 Å². The van der Waals surface area contributed by atoms with E-state index in [9.17, 15) is 8.42 Å². The maximum Gasteiger partial charge on any atom is 0.242 e. The van der Waals surface area contributed by atoms with Gasteiger partial charge in [0.05, 0.1) is 10.5 Å². The molecule has 1 fully saturated rings. The summed E-state index contributed by atoms with van der Waals surface area (Å²) in [5.41, 5.74) is 0.196. The molecule has 0 heterocycles. The molecule has 2 atom stereocenters. The van der Waals surface area contributed by atoms with E-state index < -0.39 is 10.0 Å². The molecule has 4 nitrogen and oxygen atoms in total. The van der Waals surface area contributed by atoms with Crippen LogP contribution >= 0.6 is 0 Å². The van der Waals surface area contributed by atoms with Crippen LogP contribution in [-0.2, 0) is 10.0 Å². The smallest absolute Gasteiger partial charge is 0.208 e. The quantitative estimate of drug-likeness (QED) is 0.929. The Hall–Kier alpha value is -1.38. The molecule has 0 aromatic heterocycles. The molecule has 2 unspecified atom stereocenters. The van der Waals surface area contributed by atoms with Crippen molar-refractivity contribution in [2.24, 2.45) is 11.8 Å². The Balaban J connectivity index is 2.26. The Kier molecular flexibility index (Phi) is 5.02. The van der Waals surface area contributed by atoms with E-state index in [2.05, 4.69) is 18.6 Å². The lowest BCUT2D eigenvalue weighted by Gasteiger charge is -2.34. The molecule has 1 saturated carbocycles. The van der Waals surface area contributed by atoms with Gasteiger partial charge in [0, 0.05) is 6.04 Å². The summed E-state index contributed by atoms with van der Waals surface area (Å²) < 4.78 is 28.0. The van der Waals surface area contributed by atoms with Gasteiger partial charge in [0.25, 0.3) is 0 Å². The van der Waals surface area contributed by atoms with Crippen LogP contribution in [0.5, 0.6) is 0 Å². The van der Waals surface area contributed by atoms with E-state index in [1.165, 1.54) is 12.1 Å². The molecule has 1 aromatic rings. The summed E-state index contributed by atoms with van der Waals surface area (Å²) in [4.78, 5) is 0.0839. The molecule has 0 amide bonds. The zero-order valence-electron chi connectivity index (χ0n) is 12.5. The molecule has 1 N–H and O–H groups in total. The molecule has 5 heteroatoms. The van der Waals surface area contributed by atoms with Crippen LogP contribution in [0.25, 0.3) is 0 Å². The van der Waals surface area contributed by atoms with Crippen molar-refractivity contribution in [3.8, 4) is 6.07 Å². The van der Waals surface area contributed by atoms with Crippen molar-refractivity contribution >= 4 is 10.0 Å². The van der Waals surface area contributed by atoms with Gasteiger partial charge in [-0.1, -0.05) is 38.8 Å². The highest BCUT2D eigenvalue weighted by molar-refractivity contribution is 7.89. The molecular weight excluding hydrogens is 284 g/mol. The van der Waals surface area contributed by atoms with Crippen molar-refractivity contribution in [3.63, 3.8) is 0 Å². The first-order valence-corrected chi connectivity index (χ1v) is 8.95. The minimum absolute atomic E-state index is 0.0319. The molecule has 2 rings (SSSR count). The average Bonchev–Trinajstić information content (AvgIpc) is 2.47. The molecule has 0 saturated heterocycles. The van der Waals surface area contributed by atoms with Crippen LogP contribution in [0.3, 0.4) is 0 Å². The van der Waals surface area contributed by atoms with Crippen molar-refractivity contribution in [2.75, 3.05) is 0 Å². The lowest BCUT2D eigenvalue weighted by Crippen LogP contribution is -2.44. The van der Waals surface area contributed by atoms with E-state index in [0.29, 0.717) is 11.8 Å². The molecule has 114 valence electrons. The van der Waals surface area contributed by atoms with Gasteiger partial charge in [0.15, 0.2) is 0 Å². The van der Waals surface area contributed by atoms with Gasteiger partial charge in [-0.05, 0) is 36.8 Å². The number of nitriles is 1. The fourth-order valence-corrected chi connectivity index (χ4v) is 4.64. The van der Waals surface area contributed by atoms with Crippen molar-refractivity contribution < 1.29 is 8.42 Å². The SMILES string of the molecule is CC(C)C1CCCCC1NS(=O)(=O)c1ccccc1C#N. The molecule has 1 aromatic carbocycles. The van der Waals surface area contributed by atoms with E-state index in [-0.39, 0.29) is 16.5 Å². The summed E-state index contributed by atoms with van der Waals surface area (Å²) in [5, 5.41) is 9.09. The normalized spacial score (nSPS) is 23.0. The second kappa shape index (κ2) is 6.59. The van der Waals surface area contributed by atoms with Gasteiger partial charge in [-0.15, -0.1) is 0 Å². The van der Waals surface area contributed by atoms with Gasteiger partial charge in [0.2, 0.25) is 10.0 Å². The van der Waals surface area contributed by atoms with Crippen molar-refractivity contribution in [1.29, 1.82) is 5.26 Å². The predicted octanol–water partition coefficient (Wildman–Crippen LogP) is 3.05. The minimum atomic E-state index is -3.64. The zero-order valence-corrected chi connectivity index (χ0v) is 13.4. The molecule has 0 bridgehead atoms. The number of rotatable bonds is 4. The zero-order chi connectivity index (χ0) is 15.5. The maximum absolute atomic E-state index is 12.6. The summed E-state index contributed by atoms with van der Waals surface area (Å²) in [5.74, 6) is 0.812. The number of hydrogen-bond acceptors (Lipinski definition) is 3. The fourth-order valence-electron chi connectivity index (χ4n) is 3.16. The van der Waals surface area contributed by atoms with E-state index in [1.807, 2.05) is 6.07 Å². The third-order valence-corrected chi connectivity index (χ3v) is 5.83. The topological polar surface area (TPSA) is 70.0 Å². The number of nitrogens with one attached hydrogen (secondary N) is 1. The fraction of sp³-hybridized carbons (Fsp3) is 0.562. The minimum Gasteiger partial charge on any atom is -0.208 e. The van der Waals surface area contributed by atoms with Crippen LogP contribution in [-0.4, -0.2) is 14.5 Å². The maximum atomic E-state index is 12.6. The Labute approximate surface area is 127 Å². The number of hydrogen-bond donors (Lipinski definition) is 1. The number of benzene rings is 1. The van der Waals surface area contributed by atoms with Gasteiger partial charge < -0.3 is 0 Å². The van der Waals surface area contributed by atoms with Gasteiger partial charge in [-0.3, -0.25) is 0 Å². The first-order valence-electron chi connectivity index (χ1n) is 7.47. The van der Waals surface area contributed by atoms with E-state index >= 15 is 0 Å². The molecule has 1 aliphatic rings. The second-order valence-electron chi connectivity index (χ2n) is 6.03. The monoisotopic (exact) mass is 306 g/mol. The standard InChI is InChI=1S/C16H22N2O2S/c1-12(2)14-8-4-5-9-15(14)18-21(19,20)16-10-6-3-7-13(16)11-17/h3,6-7,10,12,14-15,18H,4-5,8-9H2,1-2H3. The highest BCUT2D eigenvalue weighted by atomic mass is 32.2. The van der Waals surface area contributed by atoms with Crippen molar-refractivity contribution in [1.82, 2.24) is 4.72 Å². The number of nitrogens with zero attached hydrogens (tertiary/aromatic N) is 1. The molecule has 0 spiro atoms. The predicted molar refractivity (Wildman–Crippen MR) is 82.1 cm³/mol. The summed E-state index contributed by atoms with van der Waals surface area (Å²) in [6.07, 6.45) is 4.15. The summed E-state index contributed by atoms with van der Waals surface area (Å²) in [7, 11) is -3.64. The van der Waals surface area contributed by atoms with Crippen LogP contribution in [0.1, 0.15) is 45.1 Å². The van der Waals surface area contributed by atoms with Crippen molar-refractivity contribution in [3.05, 3.63) is 29.8 Å². The van der Waals surface area contributed by atoms with Crippen LogP contribution in [0.15, 0.2) is 29.2 Å². The number of sulfonamides is 1. The Morgan fingerprint density at radius 2 is 1.90 bits per heavy atom. The summed E-state index contributed by atoms with van der Waals surface area (Å²) in [6.45, 7) is 4.28. The van der Waals surface area contributed by atoms with Gasteiger partial charge in [-0.2, -0.15) is 5.26 Å². The average molecular weight is 306 g/mol. The lowest BCUT2D eigenvalue weighted by molar-refractivity contribution is 0.226. The molecular formula is C16H22N2O2S. The van der Waals surface area contributed by atoms with E-state index in [4.69, 9.17) is 5.26 Å². The van der Waals surface area contributed by atoms with Gasteiger partial charge in [-0.25, -0.2) is 13.1 Å². The first kappa shape index (κ1) is 16.0. The third kappa shape index (κ3) is 3.63. The summed E-state index contributed by atoms with van der Waals surface area (Å²) >= 11 is 0. The Morgan fingerprint density at radius 1 is 1.24 bits per heavy atom. The lowest BCUT2D eigenvalue weighted by atomic mass is 9.78. The van der Waals surface area contributed by atoms with Crippen LogP contribution < -0.4 is 4.72 Å². The van der Waals surface area contributed by atoms with Crippen molar-refractivity contribution in [2.45, 2.75) is 50.5 Å². The van der Waals surface area contributed by atoms with E-state index in [1.54, 1.807) is 12.1 Å². The second-order valence-corrected chi connectivity index (χ2v) is 7.71. The largest absolute Gasteiger partial charge is 0.242 e. The van der Waals surface area contributed by atoms with Crippen LogP contribution in [0.2, 0.25) is 0 Å². The van der Waals surface area contributed by atoms with Crippen LogP contribution in [0.4, 0.5) is 0 Å². The molecule has 21 heavy (non-hydrogen) atoms. The van der Waals surface area contributed by atoms with E-state index in [0.717, 1.165) is 25.7 Å². The van der Waals surface area contributed by atoms with Crippen LogP contribution in [0, 0.1) is 23.2 Å². The highest BCUT2D eigenvalue weighted by Crippen LogP contribution is 2.31. The van der Waals surface area contributed by atoms with Gasteiger partial charge in [0.1, 0.15) is 6.07 Å². The third-order valence-electron chi connectivity index (χ3n) is 4.28. The molecule has 0 aliphatic heterocycles. The highest BCUT2D eigenvalue weighted by Gasteiger charge is 2.31. The Morgan fingerprint density at radius 3 is 2.57 bits per heavy atom. The molecule has 0 radical (unpaired) electrons. The first-order chi connectivity index (χ1) is 9.95.